The smallest absolute Gasteiger partial charge is 0.320 e. The summed E-state index contributed by atoms with van der Waals surface area (Å²) >= 11 is 0. The topological polar surface area (TPSA) is 40.5 Å². The second kappa shape index (κ2) is 6.40. The quantitative estimate of drug-likeness (QED) is 0.914. The van der Waals surface area contributed by atoms with Gasteiger partial charge in [-0.25, -0.2) is 0 Å². The number of likely N-dealkylation sites (tertiary alicyclic amines) is 1. The molecule has 1 aliphatic rings. The van der Waals surface area contributed by atoms with E-state index in [0.717, 1.165) is 32.2 Å². The van der Waals surface area contributed by atoms with Crippen LogP contribution in [-0.2, 0) is 4.79 Å². The van der Waals surface area contributed by atoms with Crippen LogP contribution in [0.15, 0.2) is 18.2 Å². The van der Waals surface area contributed by atoms with Gasteiger partial charge in [0, 0.05) is 6.04 Å². The van der Waals surface area contributed by atoms with Gasteiger partial charge in [0.05, 0.1) is 0 Å². The fourth-order valence-corrected chi connectivity index (χ4v) is 3.33. The Morgan fingerprint density at radius 1 is 1.30 bits per heavy atom. The molecule has 1 heterocycles. The minimum absolute atomic E-state index is 0.162. The van der Waals surface area contributed by atoms with Crippen LogP contribution < -0.4 is 0 Å². The van der Waals surface area contributed by atoms with E-state index >= 15 is 0 Å². The van der Waals surface area contributed by atoms with Gasteiger partial charge in [-0.1, -0.05) is 36.6 Å². The number of nitrogens with zero attached hydrogens (tertiary/aromatic N) is 1. The van der Waals surface area contributed by atoms with E-state index in [0.29, 0.717) is 0 Å². The number of carbonyl (C=O) groups is 1. The monoisotopic (exact) mass is 275 g/mol. The number of hydrogen-bond acceptors (Lipinski definition) is 2. The van der Waals surface area contributed by atoms with Crippen molar-refractivity contribution in [2.45, 2.75) is 58.5 Å². The van der Waals surface area contributed by atoms with Gasteiger partial charge in [0.25, 0.3) is 0 Å². The van der Waals surface area contributed by atoms with Crippen molar-refractivity contribution in [1.82, 2.24) is 4.90 Å². The summed E-state index contributed by atoms with van der Waals surface area (Å²) < 4.78 is 0. The molecule has 110 valence electrons. The fourth-order valence-electron chi connectivity index (χ4n) is 3.33. The number of hydrogen-bond donors (Lipinski definition) is 1. The molecule has 20 heavy (non-hydrogen) atoms. The lowest BCUT2D eigenvalue weighted by Gasteiger charge is -2.33. The Hall–Kier alpha value is -1.35. The number of aliphatic carboxylic acids is 1. The molecule has 1 aliphatic heterocycles. The zero-order chi connectivity index (χ0) is 14.7. The van der Waals surface area contributed by atoms with Crippen LogP contribution in [0.5, 0.6) is 0 Å². The van der Waals surface area contributed by atoms with E-state index in [4.69, 9.17) is 0 Å². The van der Waals surface area contributed by atoms with Gasteiger partial charge in [0.2, 0.25) is 0 Å². The fraction of sp³-hybridized carbons (Fsp3) is 0.588. The average Bonchev–Trinajstić information content (AvgIpc) is 2.63. The Morgan fingerprint density at radius 3 is 2.70 bits per heavy atom. The Balaban J connectivity index is 2.28. The lowest BCUT2D eigenvalue weighted by Crippen LogP contribution is -2.42. The molecule has 2 rings (SSSR count). The minimum atomic E-state index is -0.677. The lowest BCUT2D eigenvalue weighted by molar-refractivity contribution is -0.144. The van der Waals surface area contributed by atoms with Crippen LogP contribution in [0.1, 0.15) is 55.3 Å². The molecule has 1 fully saturated rings. The van der Waals surface area contributed by atoms with Crippen LogP contribution in [0.25, 0.3) is 0 Å². The molecule has 0 aliphatic carbocycles. The van der Waals surface area contributed by atoms with Crippen molar-refractivity contribution in [2.75, 3.05) is 6.54 Å². The van der Waals surface area contributed by atoms with Gasteiger partial charge in [-0.05, 0) is 51.3 Å². The summed E-state index contributed by atoms with van der Waals surface area (Å²) in [4.78, 5) is 13.7. The van der Waals surface area contributed by atoms with E-state index in [1.807, 2.05) is 0 Å². The van der Waals surface area contributed by atoms with Crippen molar-refractivity contribution < 1.29 is 9.90 Å². The van der Waals surface area contributed by atoms with Crippen molar-refractivity contribution in [3.05, 3.63) is 34.9 Å². The van der Waals surface area contributed by atoms with Crippen LogP contribution in [0.3, 0.4) is 0 Å². The molecule has 0 radical (unpaired) electrons. The van der Waals surface area contributed by atoms with E-state index in [-0.39, 0.29) is 12.1 Å². The standard InChI is InChI=1S/C17H25NO2/c1-12-8-9-15(13(2)11-12)14(3)18-10-6-4-5-7-16(18)17(19)20/h8-9,11,14,16H,4-7,10H2,1-3H3,(H,19,20). The van der Waals surface area contributed by atoms with Crippen LogP contribution in [0.4, 0.5) is 0 Å². The maximum absolute atomic E-state index is 11.6. The molecule has 0 bridgehead atoms. The van der Waals surface area contributed by atoms with Gasteiger partial charge >= 0.3 is 5.97 Å². The largest absolute Gasteiger partial charge is 0.480 e. The van der Waals surface area contributed by atoms with Gasteiger partial charge in [0.15, 0.2) is 0 Å². The molecule has 1 aromatic carbocycles. The Bertz CT molecular complexity index is 484. The van der Waals surface area contributed by atoms with Crippen molar-refractivity contribution in [2.24, 2.45) is 0 Å². The summed E-state index contributed by atoms with van der Waals surface area (Å²) in [5, 5.41) is 9.50. The third-order valence-electron chi connectivity index (χ3n) is 4.45. The van der Waals surface area contributed by atoms with E-state index in [9.17, 15) is 9.90 Å². The number of rotatable bonds is 3. The van der Waals surface area contributed by atoms with Gasteiger partial charge < -0.3 is 5.11 Å². The maximum atomic E-state index is 11.6. The maximum Gasteiger partial charge on any atom is 0.320 e. The summed E-state index contributed by atoms with van der Waals surface area (Å²) in [6.45, 7) is 7.23. The molecule has 2 atom stereocenters. The second-order valence-electron chi connectivity index (χ2n) is 5.98. The zero-order valence-corrected chi connectivity index (χ0v) is 12.7. The van der Waals surface area contributed by atoms with E-state index in [1.165, 1.54) is 16.7 Å². The predicted octanol–water partition coefficient (Wildman–Crippen LogP) is 3.69. The van der Waals surface area contributed by atoms with Crippen LogP contribution in [0, 0.1) is 13.8 Å². The Labute approximate surface area is 121 Å². The highest BCUT2D eigenvalue weighted by Gasteiger charge is 2.31. The Kier molecular flexibility index (Phi) is 4.81. The molecule has 0 amide bonds. The van der Waals surface area contributed by atoms with Gasteiger partial charge in [-0.2, -0.15) is 0 Å². The third kappa shape index (κ3) is 3.21. The van der Waals surface area contributed by atoms with E-state index in [1.54, 1.807) is 0 Å². The highest BCUT2D eigenvalue weighted by molar-refractivity contribution is 5.73. The first kappa shape index (κ1) is 15.0. The zero-order valence-electron chi connectivity index (χ0n) is 12.7. The Morgan fingerprint density at radius 2 is 2.05 bits per heavy atom. The molecule has 0 aromatic heterocycles. The summed E-state index contributed by atoms with van der Waals surface area (Å²) in [5.41, 5.74) is 3.76. The number of carboxylic acid groups (broad SMARTS) is 1. The molecule has 1 saturated heterocycles. The predicted molar refractivity (Wildman–Crippen MR) is 80.9 cm³/mol. The molecule has 2 unspecified atom stereocenters. The van der Waals surface area contributed by atoms with Crippen molar-refractivity contribution in [1.29, 1.82) is 0 Å². The van der Waals surface area contributed by atoms with Gasteiger partial charge in [-0.3, -0.25) is 9.69 Å². The summed E-state index contributed by atoms with van der Waals surface area (Å²) in [5.74, 6) is -0.677. The molecule has 3 nitrogen and oxygen atoms in total. The molecular weight excluding hydrogens is 250 g/mol. The third-order valence-corrected chi connectivity index (χ3v) is 4.45. The number of carboxylic acids is 1. The van der Waals surface area contributed by atoms with Crippen LogP contribution in [-0.4, -0.2) is 28.6 Å². The molecule has 0 spiro atoms. The van der Waals surface area contributed by atoms with Crippen molar-refractivity contribution in [3.63, 3.8) is 0 Å². The molecular formula is C17H25NO2. The summed E-state index contributed by atoms with van der Waals surface area (Å²) in [6.07, 6.45) is 4.02. The first-order valence-corrected chi connectivity index (χ1v) is 7.56. The van der Waals surface area contributed by atoms with Gasteiger partial charge in [0.1, 0.15) is 6.04 Å². The van der Waals surface area contributed by atoms with E-state index < -0.39 is 5.97 Å². The van der Waals surface area contributed by atoms with Crippen molar-refractivity contribution in [3.8, 4) is 0 Å². The molecule has 1 N–H and O–H groups in total. The average molecular weight is 275 g/mol. The molecule has 3 heteroatoms. The number of aryl methyl sites for hydroxylation is 2. The van der Waals surface area contributed by atoms with Crippen molar-refractivity contribution >= 4 is 5.97 Å². The first-order valence-electron chi connectivity index (χ1n) is 7.56. The lowest BCUT2D eigenvalue weighted by atomic mass is 9.97. The summed E-state index contributed by atoms with van der Waals surface area (Å²) in [6, 6.07) is 6.27. The SMILES string of the molecule is Cc1ccc(C(C)N2CCCCCC2C(=O)O)c(C)c1. The van der Waals surface area contributed by atoms with Crippen LogP contribution in [0.2, 0.25) is 0 Å². The minimum Gasteiger partial charge on any atom is -0.480 e. The van der Waals surface area contributed by atoms with Crippen LogP contribution >= 0.6 is 0 Å². The first-order chi connectivity index (χ1) is 9.50. The normalized spacial score (nSPS) is 22.2. The van der Waals surface area contributed by atoms with Gasteiger partial charge in [-0.15, -0.1) is 0 Å². The highest BCUT2D eigenvalue weighted by Crippen LogP contribution is 2.30. The van der Waals surface area contributed by atoms with E-state index in [2.05, 4.69) is 43.9 Å². The molecule has 0 saturated carbocycles. The number of benzene rings is 1. The highest BCUT2D eigenvalue weighted by atomic mass is 16.4. The molecule has 1 aromatic rings. The second-order valence-corrected chi connectivity index (χ2v) is 5.98. The summed E-state index contributed by atoms with van der Waals surface area (Å²) in [7, 11) is 0.